The molecule has 0 aromatic carbocycles. The molecule has 3 aliphatic rings. The lowest BCUT2D eigenvalue weighted by Gasteiger charge is -2.36. The molecule has 2 atom stereocenters. The van der Waals surface area contributed by atoms with E-state index in [4.69, 9.17) is 10.5 Å². The lowest BCUT2D eigenvalue weighted by molar-refractivity contribution is -0.155. The van der Waals surface area contributed by atoms with Gasteiger partial charge in [0.2, 0.25) is 11.8 Å². The highest BCUT2D eigenvalue weighted by atomic mass is 16.5. The molecule has 1 saturated carbocycles. The van der Waals surface area contributed by atoms with Gasteiger partial charge in [-0.25, -0.2) is 0 Å². The number of carbonyl (C=O) groups is 2. The standard InChI is InChI=1S/C12H19N3O3/c13-11(16)6-15-9-4-14(8-2-1-3-8)5-10(9)18-7-12(15)17/h8-10H,1-7H2,(H2,13,16). The van der Waals surface area contributed by atoms with Gasteiger partial charge in [0.25, 0.3) is 0 Å². The lowest BCUT2D eigenvalue weighted by Crippen LogP contribution is -2.56. The second-order valence-corrected chi connectivity index (χ2v) is 5.44. The van der Waals surface area contributed by atoms with Crippen LogP contribution in [-0.4, -0.2) is 66.0 Å². The molecule has 0 radical (unpaired) electrons. The molecule has 18 heavy (non-hydrogen) atoms. The first kappa shape index (κ1) is 11.9. The third-order valence-corrected chi connectivity index (χ3v) is 4.32. The van der Waals surface area contributed by atoms with Crippen LogP contribution < -0.4 is 5.73 Å². The van der Waals surface area contributed by atoms with E-state index in [1.807, 2.05) is 0 Å². The van der Waals surface area contributed by atoms with Crippen LogP contribution >= 0.6 is 0 Å². The number of hydrogen-bond acceptors (Lipinski definition) is 4. The summed E-state index contributed by atoms with van der Waals surface area (Å²) in [5.41, 5.74) is 5.21. The fraction of sp³-hybridized carbons (Fsp3) is 0.833. The minimum Gasteiger partial charge on any atom is -0.368 e. The zero-order valence-corrected chi connectivity index (χ0v) is 10.4. The van der Waals surface area contributed by atoms with E-state index in [-0.39, 0.29) is 31.2 Å². The van der Waals surface area contributed by atoms with Gasteiger partial charge in [-0.15, -0.1) is 0 Å². The van der Waals surface area contributed by atoms with E-state index in [2.05, 4.69) is 4.90 Å². The van der Waals surface area contributed by atoms with Crippen LogP contribution in [0.15, 0.2) is 0 Å². The van der Waals surface area contributed by atoms with Crippen LogP contribution in [0, 0.1) is 0 Å². The Kier molecular flexibility index (Phi) is 2.99. The number of hydrogen-bond donors (Lipinski definition) is 1. The highest BCUT2D eigenvalue weighted by Gasteiger charge is 2.45. The molecule has 6 nitrogen and oxygen atoms in total. The Morgan fingerprint density at radius 2 is 2.17 bits per heavy atom. The summed E-state index contributed by atoms with van der Waals surface area (Å²) in [6, 6.07) is 0.643. The van der Waals surface area contributed by atoms with Crippen molar-refractivity contribution in [2.24, 2.45) is 5.73 Å². The lowest BCUT2D eigenvalue weighted by atomic mass is 9.92. The van der Waals surface area contributed by atoms with Crippen molar-refractivity contribution in [2.75, 3.05) is 26.2 Å². The Bertz CT molecular complexity index is 370. The second kappa shape index (κ2) is 4.51. The van der Waals surface area contributed by atoms with Crippen molar-refractivity contribution in [3.63, 3.8) is 0 Å². The van der Waals surface area contributed by atoms with Gasteiger partial charge in [-0.3, -0.25) is 14.5 Å². The summed E-state index contributed by atoms with van der Waals surface area (Å²) in [4.78, 5) is 26.9. The minimum atomic E-state index is -0.453. The van der Waals surface area contributed by atoms with Gasteiger partial charge in [0.15, 0.2) is 0 Å². The summed E-state index contributed by atoms with van der Waals surface area (Å²) in [7, 11) is 0. The first-order valence-corrected chi connectivity index (χ1v) is 6.58. The maximum Gasteiger partial charge on any atom is 0.249 e. The maximum absolute atomic E-state index is 11.8. The van der Waals surface area contributed by atoms with Crippen molar-refractivity contribution in [2.45, 2.75) is 37.5 Å². The average Bonchev–Trinajstić information content (AvgIpc) is 2.63. The van der Waals surface area contributed by atoms with E-state index in [0.29, 0.717) is 6.04 Å². The van der Waals surface area contributed by atoms with Gasteiger partial charge in [-0.2, -0.15) is 0 Å². The minimum absolute atomic E-state index is 0.000602. The molecule has 2 saturated heterocycles. The summed E-state index contributed by atoms with van der Waals surface area (Å²) in [6.45, 7) is 1.78. The number of morpholine rings is 1. The molecule has 6 heteroatoms. The molecular weight excluding hydrogens is 234 g/mol. The normalized spacial score (nSPS) is 33.3. The number of rotatable bonds is 3. The summed E-state index contributed by atoms with van der Waals surface area (Å²) in [5, 5.41) is 0. The summed E-state index contributed by atoms with van der Waals surface area (Å²) < 4.78 is 5.59. The third-order valence-electron chi connectivity index (χ3n) is 4.32. The summed E-state index contributed by atoms with van der Waals surface area (Å²) >= 11 is 0. The molecule has 2 unspecified atom stereocenters. The van der Waals surface area contributed by atoms with Gasteiger partial charge < -0.3 is 15.4 Å². The predicted molar refractivity (Wildman–Crippen MR) is 63.6 cm³/mol. The molecule has 3 fully saturated rings. The smallest absolute Gasteiger partial charge is 0.249 e. The largest absolute Gasteiger partial charge is 0.368 e. The van der Waals surface area contributed by atoms with Crippen molar-refractivity contribution in [3.05, 3.63) is 0 Å². The van der Waals surface area contributed by atoms with Gasteiger partial charge in [-0.1, -0.05) is 6.42 Å². The monoisotopic (exact) mass is 253 g/mol. The Hall–Kier alpha value is -1.14. The SMILES string of the molecule is NC(=O)CN1C(=O)COC2CN(C3CCC3)CC21. The molecule has 100 valence electrons. The Balaban J connectivity index is 1.70. The Labute approximate surface area is 106 Å². The fourth-order valence-corrected chi connectivity index (χ4v) is 3.12. The number of primary amides is 1. The number of amides is 2. The summed E-state index contributed by atoms with van der Waals surface area (Å²) in [5.74, 6) is -0.573. The molecule has 0 bridgehead atoms. The van der Waals surface area contributed by atoms with E-state index in [1.54, 1.807) is 4.90 Å². The number of carbonyl (C=O) groups excluding carboxylic acids is 2. The van der Waals surface area contributed by atoms with Gasteiger partial charge in [0.05, 0.1) is 18.7 Å². The molecule has 2 aliphatic heterocycles. The summed E-state index contributed by atoms with van der Waals surface area (Å²) in [6.07, 6.45) is 3.82. The van der Waals surface area contributed by atoms with Crippen LogP contribution in [0.1, 0.15) is 19.3 Å². The van der Waals surface area contributed by atoms with Crippen molar-refractivity contribution in [1.82, 2.24) is 9.80 Å². The van der Waals surface area contributed by atoms with Crippen molar-refractivity contribution < 1.29 is 14.3 Å². The average molecular weight is 253 g/mol. The van der Waals surface area contributed by atoms with Crippen LogP contribution in [0.4, 0.5) is 0 Å². The van der Waals surface area contributed by atoms with Gasteiger partial charge in [0.1, 0.15) is 6.61 Å². The van der Waals surface area contributed by atoms with E-state index in [0.717, 1.165) is 13.1 Å². The first-order valence-electron chi connectivity index (χ1n) is 6.58. The van der Waals surface area contributed by atoms with E-state index >= 15 is 0 Å². The van der Waals surface area contributed by atoms with Gasteiger partial charge in [0, 0.05) is 19.1 Å². The Morgan fingerprint density at radius 3 is 2.78 bits per heavy atom. The topological polar surface area (TPSA) is 75.9 Å². The van der Waals surface area contributed by atoms with Crippen LogP contribution in [0.25, 0.3) is 0 Å². The number of nitrogens with zero attached hydrogens (tertiary/aromatic N) is 2. The fourth-order valence-electron chi connectivity index (χ4n) is 3.12. The second-order valence-electron chi connectivity index (χ2n) is 5.44. The molecule has 0 aromatic heterocycles. The number of likely N-dealkylation sites (tertiary alicyclic amines) is 1. The van der Waals surface area contributed by atoms with Crippen LogP contribution in [0.3, 0.4) is 0 Å². The molecule has 3 rings (SSSR count). The molecule has 2 N–H and O–H groups in total. The molecule has 1 aliphatic carbocycles. The molecule has 0 aromatic rings. The third kappa shape index (κ3) is 1.99. The van der Waals surface area contributed by atoms with E-state index in [9.17, 15) is 9.59 Å². The van der Waals surface area contributed by atoms with Gasteiger partial charge in [-0.05, 0) is 12.8 Å². The maximum atomic E-state index is 11.8. The molecule has 0 spiro atoms. The van der Waals surface area contributed by atoms with E-state index < -0.39 is 5.91 Å². The Morgan fingerprint density at radius 1 is 1.39 bits per heavy atom. The number of ether oxygens (including phenoxy) is 1. The molecule has 2 heterocycles. The zero-order valence-electron chi connectivity index (χ0n) is 10.4. The van der Waals surface area contributed by atoms with Gasteiger partial charge >= 0.3 is 0 Å². The molecule has 2 amide bonds. The number of nitrogens with two attached hydrogens (primary N) is 1. The van der Waals surface area contributed by atoms with E-state index in [1.165, 1.54) is 19.3 Å². The highest BCUT2D eigenvalue weighted by Crippen LogP contribution is 2.31. The van der Waals surface area contributed by atoms with Crippen LogP contribution in [-0.2, 0) is 14.3 Å². The number of fused-ring (bicyclic) bond motifs is 1. The van der Waals surface area contributed by atoms with Crippen molar-refractivity contribution in [3.8, 4) is 0 Å². The quantitative estimate of drug-likeness (QED) is 0.695. The first-order chi connectivity index (χ1) is 8.65. The zero-order chi connectivity index (χ0) is 12.7. The van der Waals surface area contributed by atoms with Crippen LogP contribution in [0.2, 0.25) is 0 Å². The van der Waals surface area contributed by atoms with Crippen LogP contribution in [0.5, 0.6) is 0 Å². The van der Waals surface area contributed by atoms with Crippen molar-refractivity contribution in [1.29, 1.82) is 0 Å². The molecular formula is C12H19N3O3. The van der Waals surface area contributed by atoms with Crippen molar-refractivity contribution >= 4 is 11.8 Å². The highest BCUT2D eigenvalue weighted by molar-refractivity contribution is 5.85. The predicted octanol–water partition coefficient (Wildman–Crippen LogP) is -1.06.